The van der Waals surface area contributed by atoms with E-state index in [2.05, 4.69) is 0 Å². The number of anilines is 1. The summed E-state index contributed by atoms with van der Waals surface area (Å²) in [4.78, 5) is 0.0892. The number of nitrogen functional groups attached to an aromatic ring is 1. The number of nitrogens with zero attached hydrogens (tertiary/aromatic N) is 1. The standard InChI is InChI=1S/C14H15ClN2O2S2/c15-12-4-3-11(16)8-14(12)21(18,19)17-6-1-2-13(17)10-5-7-20-9-10/h3-5,7-9,13H,1-2,6,16H2. The summed E-state index contributed by atoms with van der Waals surface area (Å²) in [6, 6.07) is 6.42. The van der Waals surface area contributed by atoms with Gasteiger partial charge in [-0.05, 0) is 53.4 Å². The van der Waals surface area contributed by atoms with Crippen LogP contribution in [0.1, 0.15) is 24.4 Å². The highest BCUT2D eigenvalue weighted by molar-refractivity contribution is 7.89. The van der Waals surface area contributed by atoms with Gasteiger partial charge in [-0.3, -0.25) is 0 Å². The average molecular weight is 343 g/mol. The maximum Gasteiger partial charge on any atom is 0.245 e. The minimum Gasteiger partial charge on any atom is -0.399 e. The van der Waals surface area contributed by atoms with Crippen molar-refractivity contribution >= 4 is 38.6 Å². The topological polar surface area (TPSA) is 63.4 Å². The van der Waals surface area contributed by atoms with Gasteiger partial charge in [-0.2, -0.15) is 15.6 Å². The molecule has 1 unspecified atom stereocenters. The van der Waals surface area contributed by atoms with Crippen LogP contribution in [0.2, 0.25) is 5.02 Å². The number of hydrogen-bond acceptors (Lipinski definition) is 4. The van der Waals surface area contributed by atoms with Crippen LogP contribution in [0.4, 0.5) is 5.69 Å². The van der Waals surface area contributed by atoms with Crippen molar-refractivity contribution in [2.45, 2.75) is 23.8 Å². The molecule has 0 amide bonds. The molecule has 3 rings (SSSR count). The van der Waals surface area contributed by atoms with E-state index in [1.54, 1.807) is 17.4 Å². The molecule has 4 nitrogen and oxygen atoms in total. The third kappa shape index (κ3) is 2.68. The highest BCUT2D eigenvalue weighted by Gasteiger charge is 2.37. The van der Waals surface area contributed by atoms with Crippen molar-refractivity contribution in [2.24, 2.45) is 0 Å². The van der Waals surface area contributed by atoms with Gasteiger partial charge in [-0.15, -0.1) is 0 Å². The number of benzene rings is 1. The van der Waals surface area contributed by atoms with E-state index in [1.165, 1.54) is 16.4 Å². The van der Waals surface area contributed by atoms with Gasteiger partial charge in [0.15, 0.2) is 0 Å². The Labute approximate surface area is 133 Å². The lowest BCUT2D eigenvalue weighted by Crippen LogP contribution is -2.30. The maximum absolute atomic E-state index is 12.9. The van der Waals surface area contributed by atoms with Gasteiger partial charge in [-0.25, -0.2) is 8.42 Å². The van der Waals surface area contributed by atoms with E-state index in [0.717, 1.165) is 18.4 Å². The third-order valence-electron chi connectivity index (χ3n) is 3.67. The van der Waals surface area contributed by atoms with Crippen molar-refractivity contribution < 1.29 is 8.42 Å². The molecule has 7 heteroatoms. The van der Waals surface area contributed by atoms with E-state index in [0.29, 0.717) is 12.2 Å². The molecule has 1 aliphatic rings. The Kier molecular flexibility index (Phi) is 3.96. The number of sulfonamides is 1. The Hall–Kier alpha value is -1.08. The molecule has 1 fully saturated rings. The fourth-order valence-corrected chi connectivity index (χ4v) is 5.57. The first-order valence-electron chi connectivity index (χ1n) is 6.59. The van der Waals surface area contributed by atoms with Gasteiger partial charge < -0.3 is 5.73 Å². The van der Waals surface area contributed by atoms with Gasteiger partial charge in [0, 0.05) is 12.2 Å². The molecule has 112 valence electrons. The third-order valence-corrected chi connectivity index (χ3v) is 6.76. The summed E-state index contributed by atoms with van der Waals surface area (Å²) in [6.07, 6.45) is 1.68. The second-order valence-electron chi connectivity index (χ2n) is 5.02. The van der Waals surface area contributed by atoms with Crippen molar-refractivity contribution in [3.63, 3.8) is 0 Å². The summed E-state index contributed by atoms with van der Waals surface area (Å²) in [6.45, 7) is 0.508. The van der Waals surface area contributed by atoms with Crippen molar-refractivity contribution in [1.29, 1.82) is 0 Å². The normalized spacial score (nSPS) is 20.0. The zero-order valence-electron chi connectivity index (χ0n) is 11.2. The first-order chi connectivity index (χ1) is 10.00. The Bertz CT molecular complexity index is 744. The Balaban J connectivity index is 2.03. The second-order valence-corrected chi connectivity index (χ2v) is 8.07. The second kappa shape index (κ2) is 5.61. The van der Waals surface area contributed by atoms with Gasteiger partial charge in [0.25, 0.3) is 0 Å². The molecular weight excluding hydrogens is 328 g/mol. The van der Waals surface area contributed by atoms with Crippen LogP contribution in [0.5, 0.6) is 0 Å². The number of nitrogens with two attached hydrogens (primary N) is 1. The van der Waals surface area contributed by atoms with Crippen LogP contribution in [0, 0.1) is 0 Å². The molecule has 2 heterocycles. The molecule has 21 heavy (non-hydrogen) atoms. The average Bonchev–Trinajstić information content (AvgIpc) is 3.10. The first-order valence-corrected chi connectivity index (χ1v) is 9.35. The summed E-state index contributed by atoms with van der Waals surface area (Å²) >= 11 is 7.65. The fourth-order valence-electron chi connectivity index (χ4n) is 2.67. The Morgan fingerprint density at radius 2 is 2.14 bits per heavy atom. The van der Waals surface area contributed by atoms with Crippen LogP contribution in [-0.2, 0) is 10.0 Å². The molecule has 0 radical (unpaired) electrons. The molecule has 0 bridgehead atoms. The van der Waals surface area contributed by atoms with Crippen LogP contribution in [0.3, 0.4) is 0 Å². The van der Waals surface area contributed by atoms with E-state index in [-0.39, 0.29) is 16.0 Å². The zero-order chi connectivity index (χ0) is 15.0. The molecule has 1 atom stereocenters. The molecule has 0 saturated carbocycles. The monoisotopic (exact) mass is 342 g/mol. The van der Waals surface area contributed by atoms with Gasteiger partial charge in [-0.1, -0.05) is 11.6 Å². The minimum absolute atomic E-state index is 0.0892. The predicted octanol–water partition coefficient (Wildman–Crippen LogP) is 3.51. The van der Waals surface area contributed by atoms with Crippen LogP contribution in [0.25, 0.3) is 0 Å². The number of hydrogen-bond donors (Lipinski definition) is 1. The SMILES string of the molecule is Nc1ccc(Cl)c(S(=O)(=O)N2CCCC2c2ccsc2)c1. The van der Waals surface area contributed by atoms with Gasteiger partial charge >= 0.3 is 0 Å². The zero-order valence-corrected chi connectivity index (χ0v) is 13.6. The largest absolute Gasteiger partial charge is 0.399 e. The number of rotatable bonds is 3. The lowest BCUT2D eigenvalue weighted by atomic mass is 10.1. The first kappa shape index (κ1) is 14.8. The number of thiophene rings is 1. The molecule has 1 aromatic heterocycles. The van der Waals surface area contributed by atoms with Crippen LogP contribution in [0.15, 0.2) is 39.9 Å². The van der Waals surface area contributed by atoms with E-state index in [1.807, 2.05) is 16.8 Å². The summed E-state index contributed by atoms with van der Waals surface area (Å²) in [7, 11) is -3.64. The van der Waals surface area contributed by atoms with Gasteiger partial charge in [0.1, 0.15) is 4.90 Å². The van der Waals surface area contributed by atoms with Gasteiger partial charge in [0.2, 0.25) is 10.0 Å². The highest BCUT2D eigenvalue weighted by atomic mass is 35.5. The fraction of sp³-hybridized carbons (Fsp3) is 0.286. The summed E-state index contributed by atoms with van der Waals surface area (Å²) in [5.41, 5.74) is 7.15. The summed E-state index contributed by atoms with van der Waals surface area (Å²) < 4.78 is 27.3. The van der Waals surface area contributed by atoms with Crippen LogP contribution >= 0.6 is 22.9 Å². The van der Waals surface area contributed by atoms with Crippen molar-refractivity contribution in [3.05, 3.63) is 45.6 Å². The minimum atomic E-state index is -3.64. The van der Waals surface area contributed by atoms with Crippen LogP contribution < -0.4 is 5.73 Å². The Morgan fingerprint density at radius 3 is 2.86 bits per heavy atom. The quantitative estimate of drug-likeness (QED) is 0.868. The molecule has 0 aliphatic carbocycles. The van der Waals surface area contributed by atoms with Gasteiger partial charge in [0.05, 0.1) is 11.1 Å². The molecular formula is C14H15ClN2O2S2. The van der Waals surface area contributed by atoms with Crippen molar-refractivity contribution in [2.75, 3.05) is 12.3 Å². The molecule has 1 aliphatic heterocycles. The highest BCUT2D eigenvalue weighted by Crippen LogP contribution is 2.39. The molecule has 2 N–H and O–H groups in total. The summed E-state index contributed by atoms with van der Waals surface area (Å²) in [5, 5.41) is 4.17. The molecule has 1 saturated heterocycles. The molecule has 2 aromatic rings. The Morgan fingerprint density at radius 1 is 1.33 bits per heavy atom. The lowest BCUT2D eigenvalue weighted by Gasteiger charge is -2.24. The molecule has 0 spiro atoms. The maximum atomic E-state index is 12.9. The lowest BCUT2D eigenvalue weighted by molar-refractivity contribution is 0.397. The van der Waals surface area contributed by atoms with E-state index < -0.39 is 10.0 Å². The summed E-state index contributed by atoms with van der Waals surface area (Å²) in [5.74, 6) is 0. The molecule has 1 aromatic carbocycles. The van der Waals surface area contributed by atoms with Crippen molar-refractivity contribution in [3.8, 4) is 0 Å². The van der Waals surface area contributed by atoms with Crippen molar-refractivity contribution in [1.82, 2.24) is 4.31 Å². The smallest absolute Gasteiger partial charge is 0.245 e. The predicted molar refractivity (Wildman–Crippen MR) is 86.1 cm³/mol. The van der Waals surface area contributed by atoms with Crippen LogP contribution in [-0.4, -0.2) is 19.3 Å². The number of halogens is 1. The van der Waals surface area contributed by atoms with E-state index >= 15 is 0 Å². The van der Waals surface area contributed by atoms with E-state index in [9.17, 15) is 8.42 Å². The van der Waals surface area contributed by atoms with E-state index in [4.69, 9.17) is 17.3 Å².